The fourth-order valence-corrected chi connectivity index (χ4v) is 5.13. The summed E-state index contributed by atoms with van der Waals surface area (Å²) < 4.78 is 1.82. The number of pyridine rings is 1. The van der Waals surface area contributed by atoms with E-state index in [0.29, 0.717) is 18.7 Å². The number of fused-ring (bicyclic) bond motifs is 1. The van der Waals surface area contributed by atoms with Gasteiger partial charge in [-0.05, 0) is 49.4 Å². The zero-order valence-electron chi connectivity index (χ0n) is 19.6. The van der Waals surface area contributed by atoms with Crippen molar-refractivity contribution in [1.82, 2.24) is 25.0 Å². The topological polar surface area (TPSA) is 92.2 Å². The van der Waals surface area contributed by atoms with E-state index in [-0.39, 0.29) is 17.9 Å². The molecule has 0 spiro atoms. The van der Waals surface area contributed by atoms with Crippen LogP contribution in [0.15, 0.2) is 60.1 Å². The molecule has 3 aromatic heterocycles. The van der Waals surface area contributed by atoms with Gasteiger partial charge in [0.2, 0.25) is 5.91 Å². The predicted molar refractivity (Wildman–Crippen MR) is 139 cm³/mol. The van der Waals surface area contributed by atoms with Crippen LogP contribution in [0.1, 0.15) is 30.1 Å². The summed E-state index contributed by atoms with van der Waals surface area (Å²) in [6.45, 7) is 4.56. The molecule has 0 bridgehead atoms. The first-order valence-electron chi connectivity index (χ1n) is 11.9. The minimum absolute atomic E-state index is 0.0214. The van der Waals surface area contributed by atoms with E-state index in [1.165, 1.54) is 0 Å². The van der Waals surface area contributed by atoms with E-state index in [1.807, 2.05) is 65.5 Å². The monoisotopic (exact) mass is 488 g/mol. The number of nitrogens with one attached hydrogen (secondary N) is 2. The highest BCUT2D eigenvalue weighted by molar-refractivity contribution is 7.13. The summed E-state index contributed by atoms with van der Waals surface area (Å²) in [5.41, 5.74) is 2.91. The van der Waals surface area contributed by atoms with Crippen molar-refractivity contribution in [3.05, 3.63) is 65.7 Å². The molecule has 1 fully saturated rings. The van der Waals surface area contributed by atoms with Gasteiger partial charge < -0.3 is 10.6 Å². The number of rotatable bonds is 7. The van der Waals surface area contributed by atoms with Gasteiger partial charge in [-0.3, -0.25) is 14.5 Å². The molecule has 2 amide bonds. The molecule has 35 heavy (non-hydrogen) atoms. The largest absolute Gasteiger partial charge is 0.349 e. The third kappa shape index (κ3) is 5.26. The molecule has 4 heterocycles. The van der Waals surface area contributed by atoms with Crippen LogP contribution in [0.25, 0.3) is 21.6 Å². The molecule has 1 saturated heterocycles. The average molecular weight is 489 g/mol. The molecule has 0 saturated carbocycles. The van der Waals surface area contributed by atoms with Gasteiger partial charge in [0.1, 0.15) is 0 Å². The fraction of sp³-hybridized carbons (Fsp3) is 0.308. The van der Waals surface area contributed by atoms with Gasteiger partial charge in [-0.2, -0.15) is 5.10 Å². The Morgan fingerprint density at radius 1 is 1.11 bits per heavy atom. The van der Waals surface area contributed by atoms with Crippen molar-refractivity contribution < 1.29 is 9.59 Å². The molecular weight excluding hydrogens is 460 g/mol. The number of nitrogens with zero attached hydrogens (tertiary/aromatic N) is 4. The summed E-state index contributed by atoms with van der Waals surface area (Å²) in [6, 6.07) is 15.4. The SMILES string of the molecule is CCn1ncc2c(C(=O)NC3CCN(CC(=O)Nc4ccccc4)CC3)cc(-c3cccs3)nc21. The molecule has 0 aliphatic carbocycles. The van der Waals surface area contributed by atoms with E-state index in [9.17, 15) is 9.59 Å². The average Bonchev–Trinajstić information content (AvgIpc) is 3.55. The standard InChI is InChI=1S/C26H28N6O2S/c1-2-32-25-21(16-27-32)20(15-22(30-25)23-9-6-14-35-23)26(34)29-19-10-12-31(13-11-19)17-24(33)28-18-7-4-3-5-8-18/h3-9,14-16,19H,2,10-13,17H2,1H3,(H,28,33)(H,29,34). The van der Waals surface area contributed by atoms with Gasteiger partial charge in [0.25, 0.3) is 5.91 Å². The number of carbonyl (C=O) groups is 2. The molecule has 1 aromatic carbocycles. The zero-order valence-corrected chi connectivity index (χ0v) is 20.4. The van der Waals surface area contributed by atoms with Crippen LogP contribution < -0.4 is 10.6 Å². The molecule has 0 atom stereocenters. The van der Waals surface area contributed by atoms with Crippen molar-refractivity contribution in [1.29, 1.82) is 0 Å². The number of anilines is 1. The summed E-state index contributed by atoms with van der Waals surface area (Å²) in [6.07, 6.45) is 3.32. The van der Waals surface area contributed by atoms with Crippen molar-refractivity contribution in [3.8, 4) is 10.6 Å². The second-order valence-electron chi connectivity index (χ2n) is 8.67. The fourth-order valence-electron chi connectivity index (χ4n) is 4.44. The maximum atomic E-state index is 13.4. The maximum Gasteiger partial charge on any atom is 0.252 e. The Bertz CT molecular complexity index is 1310. The number of hydrogen-bond acceptors (Lipinski definition) is 6. The maximum absolute atomic E-state index is 13.4. The van der Waals surface area contributed by atoms with Crippen LogP contribution in [0, 0.1) is 0 Å². The molecule has 0 radical (unpaired) electrons. The number of likely N-dealkylation sites (tertiary alicyclic amines) is 1. The van der Waals surface area contributed by atoms with Crippen molar-refractivity contribution in [2.75, 3.05) is 25.0 Å². The Labute approximate surface area is 208 Å². The Balaban J connectivity index is 1.23. The summed E-state index contributed by atoms with van der Waals surface area (Å²) in [7, 11) is 0. The number of benzene rings is 1. The van der Waals surface area contributed by atoms with E-state index in [4.69, 9.17) is 4.98 Å². The molecule has 5 rings (SSSR count). The van der Waals surface area contributed by atoms with Crippen LogP contribution in [-0.4, -0.2) is 57.2 Å². The van der Waals surface area contributed by atoms with Crippen molar-refractivity contribution >= 4 is 39.9 Å². The molecule has 2 N–H and O–H groups in total. The van der Waals surface area contributed by atoms with E-state index >= 15 is 0 Å². The number of amides is 2. The highest BCUT2D eigenvalue weighted by Crippen LogP contribution is 2.28. The lowest BCUT2D eigenvalue weighted by molar-refractivity contribution is -0.117. The van der Waals surface area contributed by atoms with Crippen LogP contribution >= 0.6 is 11.3 Å². The van der Waals surface area contributed by atoms with E-state index < -0.39 is 0 Å². The van der Waals surface area contributed by atoms with Gasteiger partial charge in [0.05, 0.1) is 34.3 Å². The van der Waals surface area contributed by atoms with Crippen molar-refractivity contribution in [2.45, 2.75) is 32.4 Å². The van der Waals surface area contributed by atoms with E-state index in [2.05, 4.69) is 20.6 Å². The predicted octanol–water partition coefficient (Wildman–Crippen LogP) is 4.01. The van der Waals surface area contributed by atoms with Crippen LogP contribution in [0.4, 0.5) is 5.69 Å². The number of thiophene rings is 1. The van der Waals surface area contributed by atoms with E-state index in [1.54, 1.807) is 17.5 Å². The minimum Gasteiger partial charge on any atom is -0.349 e. The molecule has 180 valence electrons. The number of aryl methyl sites for hydroxylation is 1. The van der Waals surface area contributed by atoms with Gasteiger partial charge >= 0.3 is 0 Å². The van der Waals surface area contributed by atoms with Gasteiger partial charge in [0, 0.05) is 31.4 Å². The molecule has 0 unspecified atom stereocenters. The first-order chi connectivity index (χ1) is 17.1. The smallest absolute Gasteiger partial charge is 0.252 e. The highest BCUT2D eigenvalue weighted by atomic mass is 32.1. The molecule has 8 nitrogen and oxygen atoms in total. The lowest BCUT2D eigenvalue weighted by atomic mass is 10.0. The Hall–Kier alpha value is -3.56. The van der Waals surface area contributed by atoms with Crippen LogP contribution in [-0.2, 0) is 11.3 Å². The third-order valence-corrected chi connectivity index (χ3v) is 7.17. The van der Waals surface area contributed by atoms with E-state index in [0.717, 1.165) is 53.2 Å². The molecule has 1 aliphatic heterocycles. The molecular formula is C26H28N6O2S. The Morgan fingerprint density at radius 2 is 1.91 bits per heavy atom. The van der Waals surface area contributed by atoms with Crippen LogP contribution in [0.3, 0.4) is 0 Å². The third-order valence-electron chi connectivity index (χ3n) is 6.27. The summed E-state index contributed by atoms with van der Waals surface area (Å²) >= 11 is 1.60. The van der Waals surface area contributed by atoms with Gasteiger partial charge in [-0.15, -0.1) is 11.3 Å². The van der Waals surface area contributed by atoms with Crippen molar-refractivity contribution in [2.24, 2.45) is 0 Å². The molecule has 9 heteroatoms. The number of aromatic nitrogens is 3. The number of piperidine rings is 1. The normalized spacial score (nSPS) is 14.8. The second kappa shape index (κ2) is 10.4. The molecule has 4 aromatic rings. The number of para-hydroxylation sites is 1. The minimum atomic E-state index is -0.105. The number of carbonyl (C=O) groups excluding carboxylic acids is 2. The first kappa shape index (κ1) is 23.2. The summed E-state index contributed by atoms with van der Waals surface area (Å²) in [4.78, 5) is 33.7. The Kier molecular flexibility index (Phi) is 6.87. The quantitative estimate of drug-likeness (QED) is 0.410. The lowest BCUT2D eigenvalue weighted by Gasteiger charge is -2.31. The zero-order chi connectivity index (χ0) is 24.2. The van der Waals surface area contributed by atoms with Crippen LogP contribution in [0.2, 0.25) is 0 Å². The van der Waals surface area contributed by atoms with Crippen LogP contribution in [0.5, 0.6) is 0 Å². The second-order valence-corrected chi connectivity index (χ2v) is 9.62. The number of hydrogen-bond donors (Lipinski definition) is 2. The summed E-state index contributed by atoms with van der Waals surface area (Å²) in [5, 5.41) is 13.3. The first-order valence-corrected chi connectivity index (χ1v) is 12.8. The van der Waals surface area contributed by atoms with Gasteiger partial charge in [0.15, 0.2) is 5.65 Å². The van der Waals surface area contributed by atoms with Gasteiger partial charge in [-0.1, -0.05) is 24.3 Å². The lowest BCUT2D eigenvalue weighted by Crippen LogP contribution is -2.46. The summed E-state index contributed by atoms with van der Waals surface area (Å²) in [5.74, 6) is -0.127. The molecule has 1 aliphatic rings. The van der Waals surface area contributed by atoms with Gasteiger partial charge in [-0.25, -0.2) is 9.67 Å². The Morgan fingerprint density at radius 3 is 2.63 bits per heavy atom. The highest BCUT2D eigenvalue weighted by Gasteiger charge is 2.24. The van der Waals surface area contributed by atoms with Crippen molar-refractivity contribution in [3.63, 3.8) is 0 Å².